The first kappa shape index (κ1) is 12.0. The molecule has 1 heterocycles. The van der Waals surface area contributed by atoms with Gasteiger partial charge in [0.2, 0.25) is 0 Å². The minimum atomic E-state index is -4.23. The molecular formula is C6H12ClF3N2. The van der Waals surface area contributed by atoms with Gasteiger partial charge in [-0.05, 0) is 19.4 Å². The van der Waals surface area contributed by atoms with E-state index >= 15 is 0 Å². The van der Waals surface area contributed by atoms with Crippen LogP contribution in [-0.2, 0) is 0 Å². The molecule has 2 nitrogen and oxygen atoms in total. The lowest BCUT2D eigenvalue weighted by Gasteiger charge is -2.24. The van der Waals surface area contributed by atoms with Crippen LogP contribution in [0.15, 0.2) is 0 Å². The number of hydrogen-bond acceptors (Lipinski definition) is 2. The van der Waals surface area contributed by atoms with Gasteiger partial charge in [0.05, 0.1) is 0 Å². The van der Waals surface area contributed by atoms with Crippen molar-refractivity contribution in [3.63, 3.8) is 0 Å². The van der Waals surface area contributed by atoms with Gasteiger partial charge in [-0.15, -0.1) is 12.4 Å². The van der Waals surface area contributed by atoms with Gasteiger partial charge in [0.15, 0.2) is 0 Å². The molecular weight excluding hydrogens is 193 g/mol. The topological polar surface area (TPSA) is 24.1 Å². The molecule has 0 aromatic rings. The van der Waals surface area contributed by atoms with Crippen LogP contribution < -0.4 is 10.6 Å². The zero-order chi connectivity index (χ0) is 8.32. The molecule has 0 spiro atoms. The lowest BCUT2D eigenvalue weighted by atomic mass is 10.1. The predicted octanol–water partition coefficient (Wildman–Crippen LogP) is 1.27. The highest BCUT2D eigenvalue weighted by molar-refractivity contribution is 5.85. The first-order valence-electron chi connectivity index (χ1n) is 3.63. The maximum absolute atomic E-state index is 11.7. The standard InChI is InChI=1S/C6H11F3N2.ClH/c7-6(8,9)11-5-2-1-3-10-4-5;/h5,10-11H,1-4H2;1H. The van der Waals surface area contributed by atoms with Crippen LogP contribution in [-0.4, -0.2) is 25.4 Å². The van der Waals surface area contributed by atoms with Crippen molar-refractivity contribution >= 4 is 12.4 Å². The number of alkyl halides is 3. The third-order valence-corrected chi connectivity index (χ3v) is 1.66. The van der Waals surface area contributed by atoms with Gasteiger partial charge in [0.25, 0.3) is 0 Å². The van der Waals surface area contributed by atoms with E-state index in [2.05, 4.69) is 5.32 Å². The lowest BCUT2D eigenvalue weighted by molar-refractivity contribution is -0.165. The van der Waals surface area contributed by atoms with Gasteiger partial charge in [-0.25, -0.2) is 5.32 Å². The summed E-state index contributed by atoms with van der Waals surface area (Å²) in [5.74, 6) is 0. The van der Waals surface area contributed by atoms with Crippen LogP contribution >= 0.6 is 12.4 Å². The van der Waals surface area contributed by atoms with Crippen molar-refractivity contribution in [2.45, 2.75) is 25.2 Å². The maximum atomic E-state index is 11.7. The summed E-state index contributed by atoms with van der Waals surface area (Å²) in [7, 11) is 0. The fraction of sp³-hybridized carbons (Fsp3) is 1.00. The molecule has 0 bridgehead atoms. The van der Waals surface area contributed by atoms with Gasteiger partial charge >= 0.3 is 6.30 Å². The van der Waals surface area contributed by atoms with E-state index in [9.17, 15) is 13.2 Å². The third kappa shape index (κ3) is 4.79. The van der Waals surface area contributed by atoms with Gasteiger partial charge in [0, 0.05) is 12.6 Å². The Morgan fingerprint density at radius 2 is 2.00 bits per heavy atom. The normalized spacial score (nSPS) is 24.8. The Morgan fingerprint density at radius 1 is 1.33 bits per heavy atom. The molecule has 1 aliphatic heterocycles. The second-order valence-electron chi connectivity index (χ2n) is 2.69. The van der Waals surface area contributed by atoms with E-state index in [4.69, 9.17) is 0 Å². The average molecular weight is 205 g/mol. The van der Waals surface area contributed by atoms with E-state index in [1.54, 1.807) is 5.32 Å². The molecule has 1 fully saturated rings. The summed E-state index contributed by atoms with van der Waals surface area (Å²) in [5, 5.41) is 4.49. The molecule has 1 aliphatic rings. The Labute approximate surface area is 75.3 Å². The minimum absolute atomic E-state index is 0. The fourth-order valence-corrected chi connectivity index (χ4v) is 1.21. The molecule has 1 saturated heterocycles. The molecule has 0 aromatic heterocycles. The van der Waals surface area contributed by atoms with Gasteiger partial charge in [0.1, 0.15) is 0 Å². The highest BCUT2D eigenvalue weighted by atomic mass is 35.5. The number of hydrogen-bond donors (Lipinski definition) is 2. The second kappa shape index (κ2) is 4.89. The Hall–Kier alpha value is -0.0000000000000000416. The molecule has 0 saturated carbocycles. The van der Waals surface area contributed by atoms with Crippen LogP contribution in [0.5, 0.6) is 0 Å². The zero-order valence-electron chi connectivity index (χ0n) is 6.45. The molecule has 0 aliphatic carbocycles. The Morgan fingerprint density at radius 3 is 2.42 bits per heavy atom. The molecule has 74 valence electrons. The molecule has 0 aromatic carbocycles. The zero-order valence-corrected chi connectivity index (χ0v) is 7.26. The van der Waals surface area contributed by atoms with Crippen LogP contribution in [0.2, 0.25) is 0 Å². The van der Waals surface area contributed by atoms with Crippen LogP contribution in [0.4, 0.5) is 13.2 Å². The smallest absolute Gasteiger partial charge is 0.315 e. The summed E-state index contributed by atoms with van der Waals surface area (Å²) in [5.41, 5.74) is 0. The summed E-state index contributed by atoms with van der Waals surface area (Å²) in [4.78, 5) is 0. The lowest BCUT2D eigenvalue weighted by Crippen LogP contribution is -2.48. The Kier molecular flexibility index (Phi) is 4.89. The third-order valence-electron chi connectivity index (χ3n) is 1.66. The quantitative estimate of drug-likeness (QED) is 0.629. The van der Waals surface area contributed by atoms with Crippen LogP contribution in [0, 0.1) is 0 Å². The number of nitrogens with one attached hydrogen (secondary N) is 2. The van der Waals surface area contributed by atoms with E-state index in [-0.39, 0.29) is 12.4 Å². The van der Waals surface area contributed by atoms with Crippen molar-refractivity contribution in [2.75, 3.05) is 13.1 Å². The molecule has 1 atom stereocenters. The Bertz CT molecular complexity index is 122. The summed E-state index contributed by atoms with van der Waals surface area (Å²) in [6.07, 6.45) is -2.82. The molecule has 6 heteroatoms. The molecule has 0 radical (unpaired) electrons. The van der Waals surface area contributed by atoms with Gasteiger partial charge in [-0.1, -0.05) is 0 Å². The predicted molar refractivity (Wildman–Crippen MR) is 42.3 cm³/mol. The highest BCUT2D eigenvalue weighted by Gasteiger charge is 2.31. The number of rotatable bonds is 1. The monoisotopic (exact) mass is 204 g/mol. The first-order chi connectivity index (χ1) is 5.08. The van der Waals surface area contributed by atoms with E-state index in [1.165, 1.54) is 0 Å². The van der Waals surface area contributed by atoms with Crippen molar-refractivity contribution in [1.82, 2.24) is 10.6 Å². The molecule has 1 rings (SSSR count). The second-order valence-corrected chi connectivity index (χ2v) is 2.69. The molecule has 2 N–H and O–H groups in total. The van der Waals surface area contributed by atoms with E-state index in [0.29, 0.717) is 13.0 Å². The largest absolute Gasteiger partial charge is 0.457 e. The average Bonchev–Trinajstić information content (AvgIpc) is 1.85. The number of piperidine rings is 1. The first-order valence-corrected chi connectivity index (χ1v) is 3.63. The molecule has 12 heavy (non-hydrogen) atoms. The van der Waals surface area contributed by atoms with E-state index in [1.807, 2.05) is 0 Å². The minimum Gasteiger partial charge on any atom is -0.315 e. The van der Waals surface area contributed by atoms with Crippen LogP contribution in [0.25, 0.3) is 0 Å². The van der Waals surface area contributed by atoms with E-state index in [0.717, 1.165) is 13.0 Å². The fourth-order valence-electron chi connectivity index (χ4n) is 1.21. The SMILES string of the molecule is Cl.FC(F)(F)NC1CCCNC1. The Balaban J connectivity index is 0.00000121. The van der Waals surface area contributed by atoms with Crippen LogP contribution in [0.3, 0.4) is 0 Å². The van der Waals surface area contributed by atoms with Crippen LogP contribution in [0.1, 0.15) is 12.8 Å². The van der Waals surface area contributed by atoms with Crippen molar-refractivity contribution < 1.29 is 13.2 Å². The summed E-state index contributed by atoms with van der Waals surface area (Å²) >= 11 is 0. The van der Waals surface area contributed by atoms with Gasteiger partial charge in [-0.3, -0.25) is 0 Å². The van der Waals surface area contributed by atoms with Gasteiger partial charge in [-0.2, -0.15) is 13.2 Å². The van der Waals surface area contributed by atoms with Crippen molar-refractivity contribution in [1.29, 1.82) is 0 Å². The summed E-state index contributed by atoms with van der Waals surface area (Å²) < 4.78 is 35.1. The van der Waals surface area contributed by atoms with Gasteiger partial charge < -0.3 is 5.32 Å². The maximum Gasteiger partial charge on any atom is 0.457 e. The van der Waals surface area contributed by atoms with Crippen molar-refractivity contribution in [3.8, 4) is 0 Å². The molecule has 1 unspecified atom stereocenters. The summed E-state index contributed by atoms with van der Waals surface area (Å²) in [6.45, 7) is 1.25. The number of halogens is 4. The van der Waals surface area contributed by atoms with E-state index < -0.39 is 12.3 Å². The highest BCUT2D eigenvalue weighted by Crippen LogP contribution is 2.13. The van der Waals surface area contributed by atoms with Crippen molar-refractivity contribution in [2.24, 2.45) is 0 Å². The van der Waals surface area contributed by atoms with Crippen molar-refractivity contribution in [3.05, 3.63) is 0 Å². The summed E-state index contributed by atoms with van der Waals surface area (Å²) in [6, 6.07) is -0.441. The molecule has 0 amide bonds.